The summed E-state index contributed by atoms with van der Waals surface area (Å²) in [5.74, 6) is 0. The SMILES string of the molecule is Cc1ccc2c(c1)c1c(c3nc4ccccc4c(=O)n32)Sc2cccc(C)c2N1. The molecule has 0 saturated heterocycles. The quantitative estimate of drug-likeness (QED) is 0.260. The van der Waals surface area contributed by atoms with E-state index in [1.54, 1.807) is 16.2 Å². The highest BCUT2D eigenvalue weighted by Gasteiger charge is 2.25. The molecule has 3 aromatic carbocycles. The maximum absolute atomic E-state index is 13.5. The Morgan fingerprint density at radius 1 is 0.931 bits per heavy atom. The van der Waals surface area contributed by atoms with E-state index in [1.807, 2.05) is 36.4 Å². The normalized spacial score (nSPS) is 12.8. The Hall–Kier alpha value is -3.31. The molecular weight excluding hydrogens is 378 g/mol. The molecule has 0 bridgehead atoms. The van der Waals surface area contributed by atoms with Crippen LogP contribution in [0.2, 0.25) is 0 Å². The number of aryl methyl sites for hydroxylation is 2. The Balaban J connectivity index is 1.84. The molecule has 2 aromatic heterocycles. The second kappa shape index (κ2) is 5.84. The Bertz CT molecular complexity index is 1550. The molecular formula is C24H17N3OS. The summed E-state index contributed by atoms with van der Waals surface area (Å²) in [5.41, 5.74) is 6.77. The zero-order valence-electron chi connectivity index (χ0n) is 16.0. The third-order valence-corrected chi connectivity index (χ3v) is 6.72. The standard InChI is InChI=1S/C24H17N3OS/c1-13-10-11-18-16(12-13)21-22(29-19-9-5-6-14(2)20(19)26-21)23-25-17-8-4-3-7-15(17)24(28)27(18)23/h3-12,26H,1-2H3. The highest BCUT2D eigenvalue weighted by atomic mass is 32.2. The Labute approximate surface area is 171 Å². The number of aromatic nitrogens is 2. The van der Waals surface area contributed by atoms with Crippen molar-refractivity contribution in [3.63, 3.8) is 0 Å². The second-order valence-corrected chi connectivity index (χ2v) is 8.55. The number of anilines is 2. The average Bonchev–Trinajstić information content (AvgIpc) is 2.73. The van der Waals surface area contributed by atoms with Gasteiger partial charge in [0.05, 0.1) is 32.7 Å². The summed E-state index contributed by atoms with van der Waals surface area (Å²) in [6.07, 6.45) is 0. The number of benzene rings is 3. The fourth-order valence-electron chi connectivity index (χ4n) is 4.13. The number of rotatable bonds is 0. The van der Waals surface area contributed by atoms with Gasteiger partial charge in [-0.05, 0) is 49.7 Å². The topological polar surface area (TPSA) is 46.4 Å². The van der Waals surface area contributed by atoms with Gasteiger partial charge in [0.1, 0.15) is 0 Å². The molecule has 6 rings (SSSR count). The number of nitrogens with one attached hydrogen (secondary N) is 1. The zero-order valence-corrected chi connectivity index (χ0v) is 16.8. The van der Waals surface area contributed by atoms with Crippen molar-refractivity contribution in [3.8, 4) is 0 Å². The third kappa shape index (κ3) is 2.28. The van der Waals surface area contributed by atoms with E-state index in [4.69, 9.17) is 4.98 Å². The van der Waals surface area contributed by atoms with Crippen molar-refractivity contribution in [1.29, 1.82) is 0 Å². The van der Waals surface area contributed by atoms with Gasteiger partial charge in [0.2, 0.25) is 0 Å². The van der Waals surface area contributed by atoms with Gasteiger partial charge in [0.25, 0.3) is 5.56 Å². The highest BCUT2D eigenvalue weighted by Crippen LogP contribution is 2.49. The largest absolute Gasteiger partial charge is 0.353 e. The lowest BCUT2D eigenvalue weighted by Crippen LogP contribution is -2.18. The molecule has 0 spiro atoms. The predicted molar refractivity (Wildman–Crippen MR) is 120 cm³/mol. The molecule has 1 aliphatic rings. The van der Waals surface area contributed by atoms with Crippen LogP contribution in [0.4, 0.5) is 11.4 Å². The second-order valence-electron chi connectivity index (χ2n) is 7.49. The molecule has 0 radical (unpaired) electrons. The van der Waals surface area contributed by atoms with E-state index in [2.05, 4.69) is 43.4 Å². The minimum atomic E-state index is -0.0297. The maximum atomic E-state index is 13.5. The third-order valence-electron chi connectivity index (χ3n) is 5.56. The number of nitrogens with zero attached hydrogens (tertiary/aromatic N) is 2. The lowest BCUT2D eigenvalue weighted by atomic mass is 10.1. The molecule has 0 saturated carbocycles. The van der Waals surface area contributed by atoms with Gasteiger partial charge in [-0.15, -0.1) is 0 Å². The lowest BCUT2D eigenvalue weighted by Gasteiger charge is -2.25. The molecule has 0 fully saturated rings. The van der Waals surface area contributed by atoms with Crippen molar-refractivity contribution in [2.45, 2.75) is 23.6 Å². The fraction of sp³-hybridized carbons (Fsp3) is 0.0833. The van der Waals surface area contributed by atoms with Gasteiger partial charge >= 0.3 is 0 Å². The zero-order chi connectivity index (χ0) is 19.7. The van der Waals surface area contributed by atoms with E-state index in [-0.39, 0.29) is 5.56 Å². The molecule has 4 nitrogen and oxygen atoms in total. The molecule has 3 heterocycles. The van der Waals surface area contributed by atoms with E-state index >= 15 is 0 Å². The van der Waals surface area contributed by atoms with Crippen molar-refractivity contribution in [2.24, 2.45) is 0 Å². The minimum Gasteiger partial charge on any atom is -0.353 e. The van der Waals surface area contributed by atoms with Gasteiger partial charge < -0.3 is 5.32 Å². The van der Waals surface area contributed by atoms with Gasteiger partial charge in [0.15, 0.2) is 5.65 Å². The van der Waals surface area contributed by atoms with Crippen LogP contribution in [-0.2, 0) is 0 Å². The number of pyridine rings is 1. The molecule has 1 aliphatic heterocycles. The molecule has 5 heteroatoms. The first-order valence-electron chi connectivity index (χ1n) is 9.54. The van der Waals surface area contributed by atoms with Crippen molar-refractivity contribution < 1.29 is 0 Å². The van der Waals surface area contributed by atoms with E-state index < -0.39 is 0 Å². The van der Waals surface area contributed by atoms with E-state index in [9.17, 15) is 4.79 Å². The van der Waals surface area contributed by atoms with E-state index in [0.29, 0.717) is 11.0 Å². The summed E-state index contributed by atoms with van der Waals surface area (Å²) < 4.78 is 1.77. The number of fused-ring (bicyclic) bond motifs is 8. The summed E-state index contributed by atoms with van der Waals surface area (Å²) >= 11 is 1.68. The van der Waals surface area contributed by atoms with Crippen LogP contribution in [0.1, 0.15) is 11.1 Å². The molecule has 140 valence electrons. The highest BCUT2D eigenvalue weighted by molar-refractivity contribution is 8.00. The monoisotopic (exact) mass is 395 g/mol. The van der Waals surface area contributed by atoms with Crippen LogP contribution < -0.4 is 10.9 Å². The number of hydrogen-bond donors (Lipinski definition) is 1. The Morgan fingerprint density at radius 3 is 2.69 bits per heavy atom. The number of hydrogen-bond acceptors (Lipinski definition) is 4. The van der Waals surface area contributed by atoms with Crippen LogP contribution in [0.15, 0.2) is 75.2 Å². The Kier molecular flexibility index (Phi) is 3.35. The smallest absolute Gasteiger partial charge is 0.266 e. The van der Waals surface area contributed by atoms with Gasteiger partial charge in [-0.25, -0.2) is 4.98 Å². The van der Waals surface area contributed by atoms with Crippen LogP contribution in [-0.4, -0.2) is 9.38 Å². The molecule has 5 aromatic rings. The maximum Gasteiger partial charge on any atom is 0.266 e. The summed E-state index contributed by atoms with van der Waals surface area (Å²) in [4.78, 5) is 20.5. The summed E-state index contributed by atoms with van der Waals surface area (Å²) in [5, 5.41) is 5.33. The van der Waals surface area contributed by atoms with E-state index in [1.165, 1.54) is 5.56 Å². The summed E-state index contributed by atoms with van der Waals surface area (Å²) in [6, 6.07) is 20.1. The average molecular weight is 395 g/mol. The first kappa shape index (κ1) is 16.6. The van der Waals surface area contributed by atoms with Crippen LogP contribution >= 0.6 is 11.8 Å². The van der Waals surface area contributed by atoms with Crippen LogP contribution in [0.25, 0.3) is 27.5 Å². The number of para-hydroxylation sites is 2. The van der Waals surface area contributed by atoms with Crippen molar-refractivity contribution in [1.82, 2.24) is 9.38 Å². The molecule has 0 amide bonds. The van der Waals surface area contributed by atoms with Crippen molar-refractivity contribution in [2.75, 3.05) is 5.32 Å². The molecule has 0 unspecified atom stereocenters. The lowest BCUT2D eigenvalue weighted by molar-refractivity contribution is 1.09. The molecule has 0 aliphatic carbocycles. The van der Waals surface area contributed by atoms with Gasteiger partial charge in [-0.1, -0.05) is 47.7 Å². The minimum absolute atomic E-state index is 0.0297. The first-order chi connectivity index (χ1) is 14.1. The first-order valence-corrected chi connectivity index (χ1v) is 10.4. The molecule has 0 atom stereocenters. The van der Waals surface area contributed by atoms with E-state index in [0.717, 1.165) is 43.1 Å². The predicted octanol–water partition coefficient (Wildman–Crippen LogP) is 5.83. The van der Waals surface area contributed by atoms with Crippen LogP contribution in [0.3, 0.4) is 0 Å². The van der Waals surface area contributed by atoms with Crippen molar-refractivity contribution >= 4 is 50.6 Å². The Morgan fingerprint density at radius 2 is 1.79 bits per heavy atom. The van der Waals surface area contributed by atoms with Crippen molar-refractivity contribution in [3.05, 3.63) is 82.1 Å². The molecule has 29 heavy (non-hydrogen) atoms. The van der Waals surface area contributed by atoms with Gasteiger partial charge in [0, 0.05) is 10.3 Å². The van der Waals surface area contributed by atoms with Gasteiger partial charge in [-0.3, -0.25) is 9.20 Å². The summed E-state index contributed by atoms with van der Waals surface area (Å²) in [6.45, 7) is 4.19. The molecule has 1 N–H and O–H groups in total. The summed E-state index contributed by atoms with van der Waals surface area (Å²) in [7, 11) is 0. The van der Waals surface area contributed by atoms with Crippen LogP contribution in [0.5, 0.6) is 0 Å². The van der Waals surface area contributed by atoms with Crippen LogP contribution in [0, 0.1) is 13.8 Å². The fourth-order valence-corrected chi connectivity index (χ4v) is 5.30. The van der Waals surface area contributed by atoms with Gasteiger partial charge in [-0.2, -0.15) is 0 Å².